The molecule has 1 aliphatic rings. The summed E-state index contributed by atoms with van der Waals surface area (Å²) in [5.74, 6) is 0.815. The molecule has 1 aromatic rings. The minimum absolute atomic E-state index is 0.136. The predicted octanol–water partition coefficient (Wildman–Crippen LogP) is 1.38. The van der Waals surface area contributed by atoms with Crippen LogP contribution in [0, 0.1) is 0 Å². The Bertz CT molecular complexity index is 640. The van der Waals surface area contributed by atoms with Gasteiger partial charge in [0.05, 0.1) is 19.3 Å². The van der Waals surface area contributed by atoms with Gasteiger partial charge in [-0.05, 0) is 0 Å². The van der Waals surface area contributed by atoms with Gasteiger partial charge in [-0.3, -0.25) is 14.3 Å². The first-order chi connectivity index (χ1) is 11.3. The summed E-state index contributed by atoms with van der Waals surface area (Å²) in [5, 5.41) is 9.33. The van der Waals surface area contributed by atoms with Gasteiger partial charge in [0, 0.05) is 29.2 Å². The molecule has 136 valence electrons. The van der Waals surface area contributed by atoms with Crippen LogP contribution < -0.4 is 11.2 Å². The quantitative estimate of drug-likeness (QED) is 0.548. The van der Waals surface area contributed by atoms with Crippen molar-refractivity contribution < 1.29 is 14.6 Å². The third-order valence-corrected chi connectivity index (χ3v) is 6.59. The van der Waals surface area contributed by atoms with Crippen LogP contribution in [0.1, 0.15) is 33.4 Å². The van der Waals surface area contributed by atoms with E-state index in [1.807, 2.05) is 0 Å². The minimum Gasteiger partial charge on any atom is -0.394 e. The Morgan fingerprint density at radius 2 is 2.21 bits per heavy atom. The van der Waals surface area contributed by atoms with Gasteiger partial charge in [-0.1, -0.05) is 42.4 Å². The highest BCUT2D eigenvalue weighted by molar-refractivity contribution is 8.77. The van der Waals surface area contributed by atoms with E-state index in [1.165, 1.54) is 16.8 Å². The monoisotopic (exact) mass is 376 g/mol. The van der Waals surface area contributed by atoms with Gasteiger partial charge in [-0.2, -0.15) is 0 Å². The molecular weight excluding hydrogens is 352 g/mol. The zero-order valence-electron chi connectivity index (χ0n) is 14.1. The van der Waals surface area contributed by atoms with Crippen molar-refractivity contribution in [2.75, 3.05) is 19.0 Å². The second-order valence-electron chi connectivity index (χ2n) is 6.51. The molecule has 2 rings (SSSR count). The van der Waals surface area contributed by atoms with Crippen LogP contribution in [0.4, 0.5) is 0 Å². The number of hydrogen-bond donors (Lipinski definition) is 2. The lowest BCUT2D eigenvalue weighted by molar-refractivity contribution is -0.0702. The zero-order valence-corrected chi connectivity index (χ0v) is 15.7. The Balaban J connectivity index is 1.96. The molecule has 1 aromatic heterocycles. The first kappa shape index (κ1) is 19.6. The van der Waals surface area contributed by atoms with E-state index in [4.69, 9.17) is 9.47 Å². The number of aromatic nitrogens is 2. The van der Waals surface area contributed by atoms with Crippen LogP contribution in [0.5, 0.6) is 0 Å². The Morgan fingerprint density at radius 1 is 1.46 bits per heavy atom. The molecule has 1 saturated heterocycles. The third kappa shape index (κ3) is 5.66. The van der Waals surface area contributed by atoms with Crippen LogP contribution >= 0.6 is 21.6 Å². The van der Waals surface area contributed by atoms with Crippen molar-refractivity contribution in [3.05, 3.63) is 33.1 Å². The molecule has 0 saturated carbocycles. The first-order valence-corrected chi connectivity index (χ1v) is 10.1. The van der Waals surface area contributed by atoms with Crippen LogP contribution in [0.25, 0.3) is 0 Å². The van der Waals surface area contributed by atoms with E-state index < -0.39 is 17.5 Å². The number of H-pyrrole nitrogens is 1. The van der Waals surface area contributed by atoms with Crippen LogP contribution in [0.3, 0.4) is 0 Å². The van der Waals surface area contributed by atoms with E-state index in [0.29, 0.717) is 13.0 Å². The van der Waals surface area contributed by atoms with Crippen molar-refractivity contribution in [3.8, 4) is 0 Å². The predicted molar refractivity (Wildman–Crippen MR) is 96.5 cm³/mol. The molecule has 0 aliphatic carbocycles. The molecule has 0 bridgehead atoms. The second kappa shape index (κ2) is 8.57. The van der Waals surface area contributed by atoms with Crippen molar-refractivity contribution in [1.29, 1.82) is 0 Å². The third-order valence-electron chi connectivity index (χ3n) is 3.28. The summed E-state index contributed by atoms with van der Waals surface area (Å²) in [4.78, 5) is 25.4. The molecule has 24 heavy (non-hydrogen) atoms. The number of aromatic amines is 1. The molecule has 0 spiro atoms. The van der Waals surface area contributed by atoms with E-state index >= 15 is 0 Å². The van der Waals surface area contributed by atoms with Gasteiger partial charge in [0.1, 0.15) is 6.10 Å². The van der Waals surface area contributed by atoms with Crippen molar-refractivity contribution in [1.82, 2.24) is 9.55 Å². The fraction of sp³-hybridized carbons (Fsp3) is 0.733. The van der Waals surface area contributed by atoms with E-state index in [1.54, 1.807) is 21.6 Å². The average molecular weight is 377 g/mol. The van der Waals surface area contributed by atoms with E-state index in [9.17, 15) is 14.7 Å². The van der Waals surface area contributed by atoms with Gasteiger partial charge >= 0.3 is 5.69 Å². The summed E-state index contributed by atoms with van der Waals surface area (Å²) >= 11 is 0. The maximum atomic E-state index is 12.0. The Labute approximate surface area is 148 Å². The van der Waals surface area contributed by atoms with Gasteiger partial charge in [-0.15, -0.1) is 0 Å². The Morgan fingerprint density at radius 3 is 2.83 bits per heavy atom. The maximum absolute atomic E-state index is 12.0. The maximum Gasteiger partial charge on any atom is 0.330 e. The summed E-state index contributed by atoms with van der Waals surface area (Å²) < 4.78 is 13.1. The summed E-state index contributed by atoms with van der Waals surface area (Å²) in [5.41, 5.74) is -1.00. The molecular formula is C15H24N2O5S2. The number of aliphatic hydroxyl groups excluding tert-OH is 1. The molecule has 1 fully saturated rings. The topological polar surface area (TPSA) is 93.5 Å². The summed E-state index contributed by atoms with van der Waals surface area (Å²) in [6.07, 6.45) is 0.531. The normalized spacial score (nSPS) is 24.4. The lowest BCUT2D eigenvalue weighted by atomic mass is 10.2. The highest BCUT2D eigenvalue weighted by Crippen LogP contribution is 2.35. The van der Waals surface area contributed by atoms with Gasteiger partial charge in [0.25, 0.3) is 5.56 Å². The van der Waals surface area contributed by atoms with Crippen LogP contribution in [0.15, 0.2) is 21.9 Å². The molecule has 2 heterocycles. The average Bonchev–Trinajstić information content (AvgIpc) is 2.89. The minimum atomic E-state index is -0.647. The van der Waals surface area contributed by atoms with Gasteiger partial charge in [0.2, 0.25) is 0 Å². The standard InChI is InChI=1S/C15H24N2O5S2/c1-15(2,3)24-23-7-6-21-11-8-10(9-18)22-13(11)17-5-4-12(19)16-14(17)20/h4-5,10-11,13,18H,6-9H2,1-3H3,(H,16,19,20)/t10-,11+,13+/m0/s1. The fourth-order valence-electron chi connectivity index (χ4n) is 2.31. The van der Waals surface area contributed by atoms with Gasteiger partial charge in [-0.25, -0.2) is 4.79 Å². The molecule has 0 unspecified atom stereocenters. The number of nitrogens with zero attached hydrogens (tertiary/aromatic N) is 1. The van der Waals surface area contributed by atoms with Crippen molar-refractivity contribution in [2.24, 2.45) is 0 Å². The smallest absolute Gasteiger partial charge is 0.330 e. The number of hydrogen-bond acceptors (Lipinski definition) is 7. The van der Waals surface area contributed by atoms with Crippen molar-refractivity contribution in [3.63, 3.8) is 0 Å². The lowest BCUT2D eigenvalue weighted by Crippen LogP contribution is -2.36. The molecule has 2 N–H and O–H groups in total. The fourth-order valence-corrected chi connectivity index (χ4v) is 4.42. The molecule has 0 amide bonds. The highest BCUT2D eigenvalue weighted by Gasteiger charge is 2.37. The van der Waals surface area contributed by atoms with Crippen LogP contribution in [-0.2, 0) is 9.47 Å². The van der Waals surface area contributed by atoms with Crippen molar-refractivity contribution in [2.45, 2.75) is 50.4 Å². The van der Waals surface area contributed by atoms with Gasteiger partial charge in [0.15, 0.2) is 6.23 Å². The van der Waals surface area contributed by atoms with E-state index in [-0.39, 0.29) is 23.6 Å². The van der Waals surface area contributed by atoms with E-state index in [0.717, 1.165) is 5.75 Å². The first-order valence-electron chi connectivity index (χ1n) is 7.80. The van der Waals surface area contributed by atoms with Crippen molar-refractivity contribution >= 4 is 21.6 Å². The lowest BCUT2D eigenvalue weighted by Gasteiger charge is -2.21. The van der Waals surface area contributed by atoms with Crippen LogP contribution in [0.2, 0.25) is 0 Å². The Kier molecular flexibility index (Phi) is 6.99. The summed E-state index contributed by atoms with van der Waals surface area (Å²) in [7, 11) is 3.53. The molecule has 0 aromatic carbocycles. The Hall–Kier alpha value is -0.740. The van der Waals surface area contributed by atoms with E-state index in [2.05, 4.69) is 25.8 Å². The summed E-state index contributed by atoms with van der Waals surface area (Å²) in [6, 6.07) is 1.27. The highest BCUT2D eigenvalue weighted by atomic mass is 33.1. The molecule has 3 atom stereocenters. The zero-order chi connectivity index (χ0) is 17.7. The number of aliphatic hydroxyl groups is 1. The second-order valence-corrected chi connectivity index (χ2v) is 9.75. The number of ether oxygens (including phenoxy) is 2. The molecule has 7 nitrogen and oxygen atoms in total. The van der Waals surface area contributed by atoms with Crippen LogP contribution in [-0.4, -0.2) is 50.6 Å². The molecule has 0 radical (unpaired) electrons. The SMILES string of the molecule is CC(C)(C)SSCCO[C@@H]1C[C@@H](CO)O[C@H]1n1ccc(=O)[nH]c1=O. The number of rotatable bonds is 7. The largest absolute Gasteiger partial charge is 0.394 e. The number of nitrogens with one attached hydrogen (secondary N) is 1. The molecule has 9 heteroatoms. The summed E-state index contributed by atoms with van der Waals surface area (Å²) in [6.45, 7) is 6.85. The van der Waals surface area contributed by atoms with Gasteiger partial charge < -0.3 is 14.6 Å². The molecule has 1 aliphatic heterocycles.